The molecule has 0 aromatic carbocycles. The van der Waals surface area contributed by atoms with E-state index in [4.69, 9.17) is 0 Å². The fraction of sp³-hybridized carbons (Fsp3) is 0.600. The third-order valence-electron chi connectivity index (χ3n) is 1.98. The van der Waals surface area contributed by atoms with Crippen molar-refractivity contribution < 1.29 is 4.79 Å². The number of hydrogen-bond acceptors (Lipinski definition) is 1. The lowest BCUT2D eigenvalue weighted by atomic mass is 10.1. The van der Waals surface area contributed by atoms with Gasteiger partial charge in [0, 0.05) is 6.54 Å². The van der Waals surface area contributed by atoms with Crippen LogP contribution in [0.1, 0.15) is 32.6 Å². The average molecular weight is 166 g/mol. The smallest absolute Gasteiger partial charge is 0.246 e. The van der Waals surface area contributed by atoms with Crippen molar-refractivity contribution in [2.24, 2.45) is 0 Å². The van der Waals surface area contributed by atoms with Crippen LogP contribution in [0.3, 0.4) is 0 Å². The normalized spacial score (nSPS) is 18.6. The highest BCUT2D eigenvalue weighted by Crippen LogP contribution is 2.12. The molecule has 0 atom stereocenters. The Bertz CT molecular complexity index is 169. The maximum Gasteiger partial charge on any atom is 0.246 e. The molecule has 12 heavy (non-hydrogen) atoms. The van der Waals surface area contributed by atoms with Gasteiger partial charge in [0.05, 0.1) is 6.54 Å². The Morgan fingerprint density at radius 3 is 3.00 bits per heavy atom. The molecular formula is C10H16NO. The molecule has 67 valence electrons. The van der Waals surface area contributed by atoms with Gasteiger partial charge >= 0.3 is 0 Å². The Labute approximate surface area is 74.2 Å². The Kier molecular flexibility index (Phi) is 3.85. The standard InChI is InChI=1S/C10H16NO/c1-2-3-7-10(12)11-8-5-4-6-9-11/h3,7-8H,2,4-6,9H2,1H3. The molecule has 1 aliphatic rings. The number of rotatable bonds is 2. The zero-order valence-corrected chi connectivity index (χ0v) is 7.62. The van der Waals surface area contributed by atoms with E-state index in [1.165, 1.54) is 6.42 Å². The molecule has 1 rings (SSSR count). The summed E-state index contributed by atoms with van der Waals surface area (Å²) in [6, 6.07) is 0. The molecule has 0 aromatic rings. The summed E-state index contributed by atoms with van der Waals surface area (Å²) in [5.41, 5.74) is 0. The van der Waals surface area contributed by atoms with Crippen molar-refractivity contribution in [1.82, 2.24) is 4.90 Å². The molecule has 0 N–H and O–H groups in total. The summed E-state index contributed by atoms with van der Waals surface area (Å²) in [4.78, 5) is 13.2. The predicted molar refractivity (Wildman–Crippen MR) is 49.3 cm³/mol. The summed E-state index contributed by atoms with van der Waals surface area (Å²) in [5.74, 6) is 0.136. The first-order valence-electron chi connectivity index (χ1n) is 4.65. The van der Waals surface area contributed by atoms with Gasteiger partial charge < -0.3 is 4.90 Å². The van der Waals surface area contributed by atoms with E-state index >= 15 is 0 Å². The Morgan fingerprint density at radius 2 is 2.42 bits per heavy atom. The number of piperidine rings is 1. The summed E-state index contributed by atoms with van der Waals surface area (Å²) in [6.07, 6.45) is 7.92. The Morgan fingerprint density at radius 1 is 1.58 bits per heavy atom. The first-order valence-corrected chi connectivity index (χ1v) is 4.65. The van der Waals surface area contributed by atoms with Crippen molar-refractivity contribution in [1.29, 1.82) is 0 Å². The molecule has 1 radical (unpaired) electrons. The van der Waals surface area contributed by atoms with Crippen LogP contribution in [-0.4, -0.2) is 17.4 Å². The lowest BCUT2D eigenvalue weighted by molar-refractivity contribution is -0.125. The van der Waals surface area contributed by atoms with Crippen molar-refractivity contribution >= 4 is 5.91 Å². The lowest BCUT2D eigenvalue weighted by Crippen LogP contribution is -2.30. The van der Waals surface area contributed by atoms with Gasteiger partial charge in [-0.15, -0.1) is 0 Å². The molecule has 1 fully saturated rings. The lowest BCUT2D eigenvalue weighted by Gasteiger charge is -2.24. The summed E-state index contributed by atoms with van der Waals surface area (Å²) in [7, 11) is 0. The second kappa shape index (κ2) is 4.96. The molecule has 1 amide bonds. The summed E-state index contributed by atoms with van der Waals surface area (Å²) in [6.45, 7) is 4.93. The maximum atomic E-state index is 11.4. The van der Waals surface area contributed by atoms with Crippen LogP contribution in [0.2, 0.25) is 0 Å². The average Bonchev–Trinajstić information content (AvgIpc) is 2.15. The summed E-state index contributed by atoms with van der Waals surface area (Å²) >= 11 is 0. The molecular weight excluding hydrogens is 150 g/mol. The van der Waals surface area contributed by atoms with Gasteiger partial charge in [0.2, 0.25) is 5.91 Å². The number of amides is 1. The van der Waals surface area contributed by atoms with E-state index in [2.05, 4.69) is 0 Å². The molecule has 0 bridgehead atoms. The minimum Gasteiger partial charge on any atom is -0.334 e. The van der Waals surface area contributed by atoms with Gasteiger partial charge in [-0.3, -0.25) is 4.79 Å². The predicted octanol–water partition coefficient (Wildman–Crippen LogP) is 2.13. The van der Waals surface area contributed by atoms with Crippen molar-refractivity contribution in [3.05, 3.63) is 18.7 Å². The third kappa shape index (κ3) is 2.68. The summed E-state index contributed by atoms with van der Waals surface area (Å²) in [5, 5.41) is 0. The van der Waals surface area contributed by atoms with Crippen molar-refractivity contribution in [3.8, 4) is 0 Å². The maximum absolute atomic E-state index is 11.4. The van der Waals surface area contributed by atoms with Gasteiger partial charge in [-0.25, -0.2) is 0 Å². The fourth-order valence-electron chi connectivity index (χ4n) is 1.28. The van der Waals surface area contributed by atoms with E-state index in [1.807, 2.05) is 24.4 Å². The van der Waals surface area contributed by atoms with Gasteiger partial charge in [0.25, 0.3) is 0 Å². The quantitative estimate of drug-likeness (QED) is 0.575. The van der Waals surface area contributed by atoms with Crippen molar-refractivity contribution in [2.45, 2.75) is 32.6 Å². The van der Waals surface area contributed by atoms with Crippen LogP contribution < -0.4 is 0 Å². The minimum absolute atomic E-state index is 0.136. The molecule has 0 saturated carbocycles. The first-order chi connectivity index (χ1) is 5.84. The van der Waals surface area contributed by atoms with Gasteiger partial charge in [0.1, 0.15) is 0 Å². The van der Waals surface area contributed by atoms with E-state index in [0.717, 1.165) is 25.8 Å². The number of likely N-dealkylation sites (tertiary alicyclic amines) is 1. The van der Waals surface area contributed by atoms with Gasteiger partial charge in [0.15, 0.2) is 0 Å². The molecule has 0 unspecified atom stereocenters. The molecule has 0 aliphatic carbocycles. The number of carbonyl (C=O) groups is 1. The minimum atomic E-state index is 0.136. The zero-order chi connectivity index (χ0) is 8.81. The summed E-state index contributed by atoms with van der Waals surface area (Å²) < 4.78 is 0. The highest BCUT2D eigenvalue weighted by atomic mass is 16.2. The Hall–Kier alpha value is -0.790. The van der Waals surface area contributed by atoms with Crippen LogP contribution in [0.15, 0.2) is 12.2 Å². The molecule has 0 spiro atoms. The second-order valence-electron chi connectivity index (χ2n) is 3.02. The van der Waals surface area contributed by atoms with E-state index in [0.29, 0.717) is 0 Å². The van der Waals surface area contributed by atoms with Gasteiger partial charge in [-0.1, -0.05) is 13.0 Å². The number of carbonyl (C=O) groups excluding carboxylic acids is 1. The van der Waals surface area contributed by atoms with E-state index in [9.17, 15) is 4.79 Å². The topological polar surface area (TPSA) is 20.3 Å². The molecule has 1 aliphatic heterocycles. The van der Waals surface area contributed by atoms with Crippen LogP contribution in [-0.2, 0) is 4.79 Å². The Balaban J connectivity index is 2.34. The highest BCUT2D eigenvalue weighted by Gasteiger charge is 2.13. The van der Waals surface area contributed by atoms with Crippen LogP contribution in [0.25, 0.3) is 0 Å². The SMILES string of the molecule is CCC=CC(=O)N1[CH]CCCC1. The first kappa shape index (κ1) is 9.30. The van der Waals surface area contributed by atoms with Crippen molar-refractivity contribution in [2.75, 3.05) is 6.54 Å². The number of allylic oxidation sites excluding steroid dienone is 1. The largest absolute Gasteiger partial charge is 0.334 e. The van der Waals surface area contributed by atoms with Crippen LogP contribution >= 0.6 is 0 Å². The molecule has 0 aromatic heterocycles. The highest BCUT2D eigenvalue weighted by molar-refractivity contribution is 5.88. The van der Waals surface area contributed by atoms with Crippen LogP contribution in [0.5, 0.6) is 0 Å². The van der Waals surface area contributed by atoms with Gasteiger partial charge in [-0.05, 0) is 31.8 Å². The number of nitrogens with zero attached hydrogens (tertiary/aromatic N) is 1. The van der Waals surface area contributed by atoms with Gasteiger partial charge in [-0.2, -0.15) is 0 Å². The zero-order valence-electron chi connectivity index (χ0n) is 7.62. The molecule has 2 nitrogen and oxygen atoms in total. The monoisotopic (exact) mass is 166 g/mol. The molecule has 1 heterocycles. The van der Waals surface area contributed by atoms with E-state index in [-0.39, 0.29) is 5.91 Å². The molecule has 2 heteroatoms. The van der Waals surface area contributed by atoms with Crippen molar-refractivity contribution in [3.63, 3.8) is 0 Å². The van der Waals surface area contributed by atoms with Crippen LogP contribution in [0.4, 0.5) is 0 Å². The van der Waals surface area contributed by atoms with E-state index < -0.39 is 0 Å². The number of hydrogen-bond donors (Lipinski definition) is 0. The molecule has 1 saturated heterocycles. The second-order valence-corrected chi connectivity index (χ2v) is 3.02. The third-order valence-corrected chi connectivity index (χ3v) is 1.98. The van der Waals surface area contributed by atoms with Crippen LogP contribution in [0, 0.1) is 6.54 Å². The fourth-order valence-corrected chi connectivity index (χ4v) is 1.28. The van der Waals surface area contributed by atoms with E-state index in [1.54, 1.807) is 6.08 Å².